The average Bonchev–Trinajstić information content (AvgIpc) is 3.00. The van der Waals surface area contributed by atoms with Gasteiger partial charge in [0.05, 0.1) is 18.2 Å². The molecule has 1 aromatic heterocycles. The first-order valence-electron chi connectivity index (χ1n) is 7.20. The highest BCUT2D eigenvalue weighted by molar-refractivity contribution is 6.07. The van der Waals surface area contributed by atoms with Crippen LogP contribution in [0.2, 0.25) is 0 Å². The first-order valence-corrected chi connectivity index (χ1v) is 7.20. The maximum Gasteiger partial charge on any atom is 0.340 e. The van der Waals surface area contributed by atoms with Crippen molar-refractivity contribution in [2.45, 2.75) is 0 Å². The number of halogens is 1. The second-order valence-electron chi connectivity index (χ2n) is 5.06. The number of ether oxygens (including phenoxy) is 2. The van der Waals surface area contributed by atoms with Crippen LogP contribution in [-0.2, 0) is 4.74 Å². The van der Waals surface area contributed by atoms with Crippen molar-refractivity contribution in [2.75, 3.05) is 13.7 Å². The minimum Gasteiger partial charge on any atom is -0.484 e. The zero-order valence-corrected chi connectivity index (χ0v) is 12.9. The Morgan fingerprint density at radius 3 is 2.50 bits per heavy atom. The van der Waals surface area contributed by atoms with E-state index in [4.69, 9.17) is 9.47 Å². The Bertz CT molecular complexity index is 899. The number of methoxy groups -OCH3 is 1. The van der Waals surface area contributed by atoms with Crippen LogP contribution in [0.5, 0.6) is 5.75 Å². The average molecular weight is 327 g/mol. The third kappa shape index (κ3) is 2.99. The SMILES string of the molecule is COC(=O)c1cn(C(=O)COc2ccc(F)cc2)c2ccccc12. The molecule has 0 fully saturated rings. The molecule has 0 saturated carbocycles. The molecule has 0 aliphatic carbocycles. The van der Waals surface area contributed by atoms with Crippen molar-refractivity contribution in [3.63, 3.8) is 0 Å². The Morgan fingerprint density at radius 1 is 1.08 bits per heavy atom. The highest BCUT2D eigenvalue weighted by Gasteiger charge is 2.18. The first kappa shape index (κ1) is 15.7. The molecule has 0 amide bonds. The van der Waals surface area contributed by atoms with Gasteiger partial charge < -0.3 is 9.47 Å². The number of carbonyl (C=O) groups excluding carboxylic acids is 2. The monoisotopic (exact) mass is 327 g/mol. The van der Waals surface area contributed by atoms with Crippen molar-refractivity contribution in [3.05, 3.63) is 66.1 Å². The Kier molecular flexibility index (Phi) is 4.29. The molecule has 0 saturated heterocycles. The van der Waals surface area contributed by atoms with Gasteiger partial charge in [-0.15, -0.1) is 0 Å². The van der Waals surface area contributed by atoms with Crippen molar-refractivity contribution >= 4 is 22.8 Å². The molecule has 0 aliphatic rings. The maximum atomic E-state index is 12.9. The molecule has 0 N–H and O–H groups in total. The number of hydrogen-bond acceptors (Lipinski definition) is 4. The van der Waals surface area contributed by atoms with Gasteiger partial charge in [0.15, 0.2) is 6.61 Å². The van der Waals surface area contributed by atoms with E-state index in [1.54, 1.807) is 24.3 Å². The second-order valence-corrected chi connectivity index (χ2v) is 5.06. The molecule has 122 valence electrons. The quantitative estimate of drug-likeness (QED) is 0.690. The lowest BCUT2D eigenvalue weighted by molar-refractivity contribution is 0.0603. The molecular formula is C18H14FNO4. The summed E-state index contributed by atoms with van der Waals surface area (Å²) in [6.07, 6.45) is 1.44. The van der Waals surface area contributed by atoms with Gasteiger partial charge in [-0.25, -0.2) is 9.18 Å². The van der Waals surface area contributed by atoms with E-state index in [9.17, 15) is 14.0 Å². The van der Waals surface area contributed by atoms with Crippen molar-refractivity contribution < 1.29 is 23.5 Å². The summed E-state index contributed by atoms with van der Waals surface area (Å²) in [5.41, 5.74) is 0.897. The fourth-order valence-electron chi connectivity index (χ4n) is 2.40. The summed E-state index contributed by atoms with van der Waals surface area (Å²) in [4.78, 5) is 24.3. The number of para-hydroxylation sites is 1. The molecule has 5 nitrogen and oxygen atoms in total. The predicted molar refractivity (Wildman–Crippen MR) is 85.8 cm³/mol. The topological polar surface area (TPSA) is 57.5 Å². The molecule has 0 bridgehead atoms. The summed E-state index contributed by atoms with van der Waals surface area (Å²) in [6, 6.07) is 12.4. The van der Waals surface area contributed by atoms with Gasteiger partial charge in [-0.2, -0.15) is 0 Å². The fraction of sp³-hybridized carbons (Fsp3) is 0.111. The van der Waals surface area contributed by atoms with E-state index in [-0.39, 0.29) is 18.3 Å². The van der Waals surface area contributed by atoms with Gasteiger partial charge in [0.2, 0.25) is 0 Å². The zero-order valence-electron chi connectivity index (χ0n) is 12.9. The number of benzene rings is 2. The van der Waals surface area contributed by atoms with Crippen LogP contribution in [0.25, 0.3) is 10.9 Å². The third-order valence-electron chi connectivity index (χ3n) is 3.56. The summed E-state index contributed by atoms with van der Waals surface area (Å²) >= 11 is 0. The van der Waals surface area contributed by atoms with Crippen molar-refractivity contribution in [1.29, 1.82) is 0 Å². The Hall–Kier alpha value is -3.15. The number of nitrogens with zero attached hydrogens (tertiary/aromatic N) is 1. The van der Waals surface area contributed by atoms with Crippen LogP contribution >= 0.6 is 0 Å². The highest BCUT2D eigenvalue weighted by Crippen LogP contribution is 2.22. The summed E-state index contributed by atoms with van der Waals surface area (Å²) in [5.74, 6) is -0.870. The van der Waals surface area contributed by atoms with Crippen LogP contribution in [0, 0.1) is 5.82 Å². The van der Waals surface area contributed by atoms with E-state index >= 15 is 0 Å². The minimum absolute atomic E-state index is 0.245. The van der Waals surface area contributed by atoms with E-state index < -0.39 is 5.97 Å². The number of carbonyl (C=O) groups is 2. The van der Waals surface area contributed by atoms with Crippen molar-refractivity contribution in [3.8, 4) is 5.75 Å². The lowest BCUT2D eigenvalue weighted by atomic mass is 10.2. The molecule has 6 heteroatoms. The number of rotatable bonds is 4. The molecule has 0 atom stereocenters. The first-order chi connectivity index (χ1) is 11.6. The van der Waals surface area contributed by atoms with Gasteiger partial charge in [-0.3, -0.25) is 9.36 Å². The van der Waals surface area contributed by atoms with Crippen LogP contribution in [0.1, 0.15) is 15.2 Å². The molecule has 3 rings (SSSR count). The summed E-state index contributed by atoms with van der Waals surface area (Å²) < 4.78 is 24.3. The molecule has 0 unspecified atom stereocenters. The van der Waals surface area contributed by atoms with E-state index in [2.05, 4.69) is 0 Å². The normalized spacial score (nSPS) is 10.6. The fourth-order valence-corrected chi connectivity index (χ4v) is 2.40. The molecule has 1 heterocycles. The molecule has 3 aromatic rings. The van der Waals surface area contributed by atoms with E-state index in [0.29, 0.717) is 22.2 Å². The Balaban J connectivity index is 1.87. The third-order valence-corrected chi connectivity index (χ3v) is 3.56. The Labute approximate surface area is 137 Å². The summed E-state index contributed by atoms with van der Waals surface area (Å²) in [7, 11) is 1.29. The van der Waals surface area contributed by atoms with Crippen LogP contribution in [0.4, 0.5) is 4.39 Å². The number of hydrogen-bond donors (Lipinski definition) is 0. The summed E-state index contributed by atoms with van der Waals surface area (Å²) in [5, 5.41) is 0.625. The lowest BCUT2D eigenvalue weighted by Gasteiger charge is -2.07. The minimum atomic E-state index is -0.516. The highest BCUT2D eigenvalue weighted by atomic mass is 19.1. The van der Waals surface area contributed by atoms with Gasteiger partial charge in [0.1, 0.15) is 11.6 Å². The van der Waals surface area contributed by atoms with E-state index in [1.165, 1.54) is 42.1 Å². The van der Waals surface area contributed by atoms with Gasteiger partial charge in [0, 0.05) is 11.6 Å². The number of esters is 1. The van der Waals surface area contributed by atoms with Gasteiger partial charge in [-0.05, 0) is 30.3 Å². The standard InChI is InChI=1S/C18H14FNO4/c1-23-18(22)15-10-20(16-5-3-2-4-14(15)16)17(21)11-24-13-8-6-12(19)7-9-13/h2-10H,11H2,1H3. The van der Waals surface area contributed by atoms with Crippen LogP contribution < -0.4 is 4.74 Å². The van der Waals surface area contributed by atoms with Gasteiger partial charge in [-0.1, -0.05) is 18.2 Å². The molecule has 24 heavy (non-hydrogen) atoms. The van der Waals surface area contributed by atoms with Crippen molar-refractivity contribution in [2.24, 2.45) is 0 Å². The molecule has 2 aromatic carbocycles. The smallest absolute Gasteiger partial charge is 0.340 e. The van der Waals surface area contributed by atoms with Crippen LogP contribution in [-0.4, -0.2) is 30.2 Å². The second kappa shape index (κ2) is 6.54. The lowest BCUT2D eigenvalue weighted by Crippen LogP contribution is -2.18. The Morgan fingerprint density at radius 2 is 1.79 bits per heavy atom. The van der Waals surface area contributed by atoms with Crippen LogP contribution in [0.15, 0.2) is 54.7 Å². The summed E-state index contributed by atoms with van der Waals surface area (Å²) in [6.45, 7) is -0.245. The van der Waals surface area contributed by atoms with Crippen molar-refractivity contribution in [1.82, 2.24) is 4.57 Å². The van der Waals surface area contributed by atoms with Crippen LogP contribution in [0.3, 0.4) is 0 Å². The maximum absolute atomic E-state index is 12.9. The number of aromatic nitrogens is 1. The number of fused-ring (bicyclic) bond motifs is 1. The molecular weight excluding hydrogens is 313 g/mol. The molecule has 0 aliphatic heterocycles. The van der Waals surface area contributed by atoms with E-state index in [1.807, 2.05) is 0 Å². The van der Waals surface area contributed by atoms with Gasteiger partial charge in [0.25, 0.3) is 5.91 Å². The molecule has 0 radical (unpaired) electrons. The predicted octanol–water partition coefficient (Wildman–Crippen LogP) is 3.29. The van der Waals surface area contributed by atoms with Gasteiger partial charge >= 0.3 is 5.97 Å². The van der Waals surface area contributed by atoms with E-state index in [0.717, 1.165) is 0 Å². The molecule has 0 spiro atoms. The zero-order chi connectivity index (χ0) is 17.1. The largest absolute Gasteiger partial charge is 0.484 e.